The first-order valence-corrected chi connectivity index (χ1v) is 9.59. The molecule has 0 aromatic carbocycles. The molecule has 0 spiro atoms. The number of nitrogens with zero attached hydrogens (tertiary/aromatic N) is 5. The number of carbonyl (C=O) groups is 1. The number of aryl methyl sites for hydroxylation is 2. The van der Waals surface area contributed by atoms with Crippen LogP contribution in [0.4, 0.5) is 10.9 Å². The van der Waals surface area contributed by atoms with E-state index in [-0.39, 0.29) is 17.9 Å². The van der Waals surface area contributed by atoms with Crippen LogP contribution >= 0.6 is 11.3 Å². The second-order valence-electron chi connectivity index (χ2n) is 6.77. The number of rotatable bonds is 3. The minimum absolute atomic E-state index is 0.0201. The number of nitrogens with one attached hydrogen (secondary N) is 1. The van der Waals surface area contributed by atoms with Gasteiger partial charge in [-0.1, -0.05) is 0 Å². The number of fused-ring (bicyclic) bond motifs is 1. The molecule has 1 fully saturated rings. The second kappa shape index (κ2) is 6.64. The molecule has 0 atom stereocenters. The molecule has 0 radical (unpaired) electrons. The maximum atomic E-state index is 12.5. The molecule has 0 unspecified atom stereocenters. The van der Waals surface area contributed by atoms with Crippen LogP contribution in [-0.2, 0) is 4.79 Å². The summed E-state index contributed by atoms with van der Waals surface area (Å²) in [6, 6.07) is 0.278. The predicted molar refractivity (Wildman–Crippen MR) is 101 cm³/mol. The highest BCUT2D eigenvalue weighted by atomic mass is 32.1. The van der Waals surface area contributed by atoms with E-state index >= 15 is 0 Å². The van der Waals surface area contributed by atoms with Gasteiger partial charge in [-0.25, -0.2) is 19.9 Å². The fraction of sp³-hybridized carbons (Fsp3) is 0.471. The largest absolute Gasteiger partial charge is 0.382 e. The summed E-state index contributed by atoms with van der Waals surface area (Å²) >= 11 is 1.46. The van der Waals surface area contributed by atoms with E-state index in [1.807, 2.05) is 19.2 Å². The van der Waals surface area contributed by atoms with Crippen molar-refractivity contribution in [2.45, 2.75) is 45.6 Å². The lowest BCUT2D eigenvalue weighted by atomic mass is 9.85. The van der Waals surface area contributed by atoms with Crippen molar-refractivity contribution in [2.75, 3.05) is 11.1 Å². The van der Waals surface area contributed by atoms with E-state index in [1.54, 1.807) is 6.33 Å². The normalized spacial score (nSPS) is 20.4. The second-order valence-corrected chi connectivity index (χ2v) is 7.63. The molecule has 4 rings (SSSR count). The standard InChI is InChI=1S/C17H21N7OS/c1-9-7-26-17(20-9)23-16(25)11-3-5-12(6-4-11)24-8-19-13-14(18)21-10(2)22-15(13)24/h7-8,11-12H,3-6H2,1-2H3,(H2,18,21,22)(H,20,23,25). The summed E-state index contributed by atoms with van der Waals surface area (Å²) < 4.78 is 2.08. The van der Waals surface area contributed by atoms with E-state index in [9.17, 15) is 4.79 Å². The molecule has 0 aliphatic heterocycles. The van der Waals surface area contributed by atoms with Gasteiger partial charge in [0.25, 0.3) is 0 Å². The van der Waals surface area contributed by atoms with Crippen molar-refractivity contribution >= 4 is 39.4 Å². The minimum Gasteiger partial charge on any atom is -0.382 e. The van der Waals surface area contributed by atoms with Gasteiger partial charge in [0.05, 0.1) is 12.0 Å². The zero-order valence-electron chi connectivity index (χ0n) is 14.8. The summed E-state index contributed by atoms with van der Waals surface area (Å²) in [4.78, 5) is 29.8. The predicted octanol–water partition coefficient (Wildman–Crippen LogP) is 2.85. The van der Waals surface area contributed by atoms with Crippen LogP contribution in [0.5, 0.6) is 0 Å². The Morgan fingerprint density at radius 2 is 2.00 bits per heavy atom. The Kier molecular flexibility index (Phi) is 4.31. The molecule has 0 saturated heterocycles. The molecule has 1 amide bonds. The fourth-order valence-electron chi connectivity index (χ4n) is 3.55. The third-order valence-electron chi connectivity index (χ3n) is 4.87. The highest BCUT2D eigenvalue weighted by molar-refractivity contribution is 7.13. The summed E-state index contributed by atoms with van der Waals surface area (Å²) in [6.45, 7) is 3.75. The van der Waals surface area contributed by atoms with Gasteiger partial charge in [0.15, 0.2) is 16.6 Å². The quantitative estimate of drug-likeness (QED) is 0.732. The Hall–Kier alpha value is -2.55. The molecule has 0 bridgehead atoms. The van der Waals surface area contributed by atoms with Gasteiger partial charge < -0.3 is 15.6 Å². The van der Waals surface area contributed by atoms with Gasteiger partial charge in [-0.15, -0.1) is 11.3 Å². The molecule has 3 aromatic heterocycles. The number of carbonyl (C=O) groups excluding carboxylic acids is 1. The van der Waals surface area contributed by atoms with E-state index in [2.05, 4.69) is 29.8 Å². The van der Waals surface area contributed by atoms with E-state index in [0.717, 1.165) is 37.0 Å². The third kappa shape index (κ3) is 3.14. The van der Waals surface area contributed by atoms with Gasteiger partial charge in [0, 0.05) is 17.3 Å². The molecule has 136 valence electrons. The average molecular weight is 371 g/mol. The van der Waals surface area contributed by atoms with Crippen molar-refractivity contribution in [3.05, 3.63) is 23.2 Å². The molecule has 3 N–H and O–H groups in total. The molecule has 1 aliphatic carbocycles. The lowest BCUT2D eigenvalue weighted by molar-refractivity contribution is -0.120. The Morgan fingerprint density at radius 3 is 2.69 bits per heavy atom. The number of hydrogen-bond acceptors (Lipinski definition) is 7. The number of amides is 1. The Bertz CT molecular complexity index is 955. The van der Waals surface area contributed by atoms with E-state index < -0.39 is 0 Å². The van der Waals surface area contributed by atoms with Crippen LogP contribution in [0.1, 0.15) is 43.2 Å². The highest BCUT2D eigenvalue weighted by Crippen LogP contribution is 2.35. The van der Waals surface area contributed by atoms with Gasteiger partial charge in [0.2, 0.25) is 5.91 Å². The van der Waals surface area contributed by atoms with Crippen LogP contribution in [0.15, 0.2) is 11.7 Å². The first-order chi connectivity index (χ1) is 12.5. The summed E-state index contributed by atoms with van der Waals surface area (Å²) in [6.07, 6.45) is 5.27. The SMILES string of the molecule is Cc1csc(NC(=O)C2CCC(n3cnc4c(N)nc(C)nc43)CC2)n1. The molecule has 26 heavy (non-hydrogen) atoms. The monoisotopic (exact) mass is 371 g/mol. The molecule has 3 heterocycles. The van der Waals surface area contributed by atoms with Crippen LogP contribution in [0.3, 0.4) is 0 Å². The number of imidazole rings is 1. The van der Waals surface area contributed by atoms with Gasteiger partial charge in [0.1, 0.15) is 11.3 Å². The number of anilines is 2. The smallest absolute Gasteiger partial charge is 0.229 e. The molecular formula is C17H21N7OS. The summed E-state index contributed by atoms with van der Waals surface area (Å²) in [5.74, 6) is 1.14. The Labute approximate surface area is 154 Å². The maximum absolute atomic E-state index is 12.5. The summed E-state index contributed by atoms with van der Waals surface area (Å²) in [5, 5.41) is 5.55. The van der Waals surface area contributed by atoms with Crippen molar-refractivity contribution in [2.24, 2.45) is 5.92 Å². The van der Waals surface area contributed by atoms with Crippen molar-refractivity contribution in [3.8, 4) is 0 Å². The van der Waals surface area contributed by atoms with Crippen LogP contribution in [-0.4, -0.2) is 30.4 Å². The third-order valence-corrected chi connectivity index (χ3v) is 5.75. The van der Waals surface area contributed by atoms with Gasteiger partial charge >= 0.3 is 0 Å². The topological polar surface area (TPSA) is 112 Å². The van der Waals surface area contributed by atoms with Crippen molar-refractivity contribution < 1.29 is 4.79 Å². The fourth-order valence-corrected chi connectivity index (χ4v) is 4.24. The van der Waals surface area contributed by atoms with E-state index in [4.69, 9.17) is 5.73 Å². The zero-order chi connectivity index (χ0) is 18.3. The maximum Gasteiger partial charge on any atom is 0.229 e. The number of hydrogen-bond donors (Lipinski definition) is 2. The average Bonchev–Trinajstić information content (AvgIpc) is 3.21. The number of thiazole rings is 1. The molecule has 3 aromatic rings. The first kappa shape index (κ1) is 16.9. The van der Waals surface area contributed by atoms with Gasteiger partial charge in [-0.05, 0) is 39.5 Å². The van der Waals surface area contributed by atoms with Crippen LogP contribution in [0.2, 0.25) is 0 Å². The molecule has 1 saturated carbocycles. The number of aromatic nitrogens is 5. The van der Waals surface area contributed by atoms with Crippen LogP contribution < -0.4 is 11.1 Å². The van der Waals surface area contributed by atoms with Crippen LogP contribution in [0, 0.1) is 19.8 Å². The lowest BCUT2D eigenvalue weighted by Crippen LogP contribution is -2.28. The molecule has 8 nitrogen and oxygen atoms in total. The van der Waals surface area contributed by atoms with Crippen molar-refractivity contribution in [1.82, 2.24) is 24.5 Å². The van der Waals surface area contributed by atoms with Crippen molar-refractivity contribution in [1.29, 1.82) is 0 Å². The zero-order valence-corrected chi connectivity index (χ0v) is 15.6. The lowest BCUT2D eigenvalue weighted by Gasteiger charge is -2.28. The highest BCUT2D eigenvalue weighted by Gasteiger charge is 2.28. The Balaban J connectivity index is 1.44. The Morgan fingerprint density at radius 1 is 1.23 bits per heavy atom. The van der Waals surface area contributed by atoms with E-state index in [1.165, 1.54) is 11.3 Å². The number of nitrogens with two attached hydrogens (primary N) is 1. The van der Waals surface area contributed by atoms with Gasteiger partial charge in [-0.2, -0.15) is 0 Å². The first-order valence-electron chi connectivity index (χ1n) is 8.71. The van der Waals surface area contributed by atoms with Crippen LogP contribution in [0.25, 0.3) is 11.2 Å². The van der Waals surface area contributed by atoms with Crippen molar-refractivity contribution in [3.63, 3.8) is 0 Å². The van der Waals surface area contributed by atoms with Gasteiger partial charge in [-0.3, -0.25) is 4.79 Å². The number of nitrogen functional groups attached to an aromatic ring is 1. The minimum atomic E-state index is 0.0201. The summed E-state index contributed by atoms with van der Waals surface area (Å²) in [7, 11) is 0. The molecule has 1 aliphatic rings. The van der Waals surface area contributed by atoms with E-state index in [0.29, 0.717) is 22.3 Å². The summed E-state index contributed by atoms with van der Waals surface area (Å²) in [5.41, 5.74) is 8.31. The molecule has 9 heteroatoms. The molecular weight excluding hydrogens is 350 g/mol.